The number of nitriles is 2. The summed E-state index contributed by atoms with van der Waals surface area (Å²) < 4.78 is 5.32. The first-order valence-corrected chi connectivity index (χ1v) is 5.70. The first-order chi connectivity index (χ1) is 8.60. The molecule has 0 saturated carbocycles. The Kier molecular flexibility index (Phi) is 4.95. The molecule has 0 N–H and O–H groups in total. The van der Waals surface area contributed by atoms with Crippen LogP contribution >= 0.6 is 0 Å². The highest BCUT2D eigenvalue weighted by Crippen LogP contribution is 2.16. The summed E-state index contributed by atoms with van der Waals surface area (Å²) in [6.07, 6.45) is 0.514. The molecule has 0 fully saturated rings. The Morgan fingerprint density at radius 3 is 2.22 bits per heavy atom. The second-order valence-corrected chi connectivity index (χ2v) is 3.94. The molecule has 1 amide bonds. The molecule has 0 aliphatic rings. The van der Waals surface area contributed by atoms with Gasteiger partial charge in [-0.3, -0.25) is 4.79 Å². The Bertz CT molecular complexity index is 487. The minimum absolute atomic E-state index is 0.185. The average molecular weight is 245 g/mol. The number of amides is 1. The van der Waals surface area contributed by atoms with Crippen LogP contribution in [0.1, 0.15) is 34.7 Å². The molecule has 5 nitrogen and oxygen atoms in total. The van der Waals surface area contributed by atoms with Crippen molar-refractivity contribution in [3.63, 3.8) is 0 Å². The van der Waals surface area contributed by atoms with Gasteiger partial charge in [-0.15, -0.1) is 0 Å². The average Bonchev–Trinajstić information content (AvgIpc) is 2.68. The molecular formula is C13H15N3O2. The van der Waals surface area contributed by atoms with Crippen molar-refractivity contribution >= 4 is 5.91 Å². The van der Waals surface area contributed by atoms with Crippen molar-refractivity contribution in [2.24, 2.45) is 0 Å². The number of rotatable bonds is 5. The molecule has 0 aliphatic carbocycles. The molecule has 0 unspecified atom stereocenters. The van der Waals surface area contributed by atoms with Crippen LogP contribution in [0.5, 0.6) is 0 Å². The molecule has 0 atom stereocenters. The minimum atomic E-state index is -0.185. The third-order valence-electron chi connectivity index (χ3n) is 2.55. The SMILES string of the molecule is Cc1cc(C(=O)N(CCC#N)CCC#N)c(C)o1. The molecule has 18 heavy (non-hydrogen) atoms. The molecule has 0 bridgehead atoms. The maximum absolute atomic E-state index is 12.2. The summed E-state index contributed by atoms with van der Waals surface area (Å²) >= 11 is 0. The Labute approximate surface area is 106 Å². The molecule has 0 aliphatic heterocycles. The van der Waals surface area contributed by atoms with Crippen molar-refractivity contribution in [2.45, 2.75) is 26.7 Å². The maximum Gasteiger partial charge on any atom is 0.257 e. The summed E-state index contributed by atoms with van der Waals surface area (Å²) in [5, 5.41) is 17.2. The van der Waals surface area contributed by atoms with Gasteiger partial charge in [0.05, 0.1) is 30.5 Å². The zero-order valence-electron chi connectivity index (χ0n) is 10.6. The maximum atomic E-state index is 12.2. The molecule has 5 heteroatoms. The van der Waals surface area contributed by atoms with Crippen LogP contribution in [0.2, 0.25) is 0 Å². The molecule has 1 aromatic heterocycles. The van der Waals surface area contributed by atoms with Crippen LogP contribution in [0.3, 0.4) is 0 Å². The molecule has 1 aromatic rings. The smallest absolute Gasteiger partial charge is 0.257 e. The predicted molar refractivity (Wildman–Crippen MR) is 64.5 cm³/mol. The number of carbonyl (C=O) groups excluding carboxylic acids is 1. The van der Waals surface area contributed by atoms with Gasteiger partial charge in [-0.1, -0.05) is 0 Å². The lowest BCUT2D eigenvalue weighted by Gasteiger charge is -2.19. The Morgan fingerprint density at radius 2 is 1.83 bits per heavy atom. The van der Waals surface area contributed by atoms with Gasteiger partial charge in [-0.2, -0.15) is 10.5 Å². The van der Waals surface area contributed by atoms with Crippen LogP contribution in [0.15, 0.2) is 10.5 Å². The van der Waals surface area contributed by atoms with E-state index in [1.807, 2.05) is 12.1 Å². The molecule has 0 saturated heterocycles. The summed E-state index contributed by atoms with van der Waals surface area (Å²) in [7, 11) is 0. The normalized spacial score (nSPS) is 9.56. The van der Waals surface area contributed by atoms with Gasteiger partial charge in [-0.05, 0) is 19.9 Å². The Balaban J connectivity index is 2.85. The van der Waals surface area contributed by atoms with E-state index in [9.17, 15) is 4.79 Å². The van der Waals surface area contributed by atoms with Crippen molar-refractivity contribution in [2.75, 3.05) is 13.1 Å². The summed E-state index contributed by atoms with van der Waals surface area (Å²) in [6.45, 7) is 4.17. The number of carbonyl (C=O) groups is 1. The van der Waals surface area contributed by atoms with Crippen LogP contribution in [-0.2, 0) is 0 Å². The van der Waals surface area contributed by atoms with Crippen LogP contribution in [-0.4, -0.2) is 23.9 Å². The van der Waals surface area contributed by atoms with Gasteiger partial charge in [0.2, 0.25) is 0 Å². The molecule has 0 aromatic carbocycles. The van der Waals surface area contributed by atoms with Crippen LogP contribution in [0, 0.1) is 36.5 Å². The largest absolute Gasteiger partial charge is 0.466 e. The molecule has 0 spiro atoms. The number of aryl methyl sites for hydroxylation is 2. The Morgan fingerprint density at radius 1 is 1.28 bits per heavy atom. The van der Waals surface area contributed by atoms with Gasteiger partial charge in [0.25, 0.3) is 5.91 Å². The van der Waals surface area contributed by atoms with E-state index in [1.54, 1.807) is 19.9 Å². The zero-order chi connectivity index (χ0) is 13.5. The molecule has 1 heterocycles. The third kappa shape index (κ3) is 3.36. The van der Waals surface area contributed by atoms with Crippen molar-refractivity contribution in [3.05, 3.63) is 23.2 Å². The summed E-state index contributed by atoms with van der Waals surface area (Å²) in [4.78, 5) is 13.8. The van der Waals surface area contributed by atoms with Gasteiger partial charge in [0.1, 0.15) is 11.5 Å². The summed E-state index contributed by atoms with van der Waals surface area (Å²) in [5.74, 6) is 1.06. The first kappa shape index (κ1) is 13.8. The summed E-state index contributed by atoms with van der Waals surface area (Å²) in [5.41, 5.74) is 0.503. The lowest BCUT2D eigenvalue weighted by atomic mass is 10.2. The van der Waals surface area contributed by atoms with E-state index in [-0.39, 0.29) is 18.7 Å². The minimum Gasteiger partial charge on any atom is -0.466 e. The van der Waals surface area contributed by atoms with E-state index in [1.165, 1.54) is 4.90 Å². The number of furan rings is 1. The molecular weight excluding hydrogens is 230 g/mol. The van der Waals surface area contributed by atoms with E-state index in [4.69, 9.17) is 14.9 Å². The van der Waals surface area contributed by atoms with E-state index in [0.29, 0.717) is 30.2 Å². The van der Waals surface area contributed by atoms with Crippen molar-refractivity contribution in [1.82, 2.24) is 4.90 Å². The predicted octanol–water partition coefficient (Wildman–Crippen LogP) is 2.17. The number of hydrogen-bond acceptors (Lipinski definition) is 4. The fraction of sp³-hybridized carbons (Fsp3) is 0.462. The summed E-state index contributed by atoms with van der Waals surface area (Å²) in [6, 6.07) is 5.68. The van der Waals surface area contributed by atoms with Crippen molar-refractivity contribution < 1.29 is 9.21 Å². The fourth-order valence-electron chi connectivity index (χ4n) is 1.70. The molecule has 94 valence electrons. The van der Waals surface area contributed by atoms with Gasteiger partial charge >= 0.3 is 0 Å². The highest BCUT2D eigenvalue weighted by molar-refractivity contribution is 5.95. The topological polar surface area (TPSA) is 81.0 Å². The van der Waals surface area contributed by atoms with E-state index in [0.717, 1.165) is 0 Å². The van der Waals surface area contributed by atoms with Crippen molar-refractivity contribution in [1.29, 1.82) is 10.5 Å². The van der Waals surface area contributed by atoms with Crippen LogP contribution in [0.4, 0.5) is 0 Å². The standard InChI is InChI=1S/C13H15N3O2/c1-10-9-12(11(2)18-10)13(17)16(7-3-5-14)8-4-6-15/h9H,3-4,7-8H2,1-2H3. The fourth-order valence-corrected chi connectivity index (χ4v) is 1.70. The molecule has 1 rings (SSSR count). The zero-order valence-corrected chi connectivity index (χ0v) is 10.6. The second-order valence-electron chi connectivity index (χ2n) is 3.94. The third-order valence-corrected chi connectivity index (χ3v) is 2.55. The van der Waals surface area contributed by atoms with Gasteiger partial charge in [0, 0.05) is 13.1 Å². The number of hydrogen-bond donors (Lipinski definition) is 0. The quantitative estimate of drug-likeness (QED) is 0.796. The lowest BCUT2D eigenvalue weighted by molar-refractivity contribution is 0.0760. The Hall–Kier alpha value is -2.27. The van der Waals surface area contributed by atoms with Crippen molar-refractivity contribution in [3.8, 4) is 12.1 Å². The van der Waals surface area contributed by atoms with Crippen LogP contribution < -0.4 is 0 Å². The monoisotopic (exact) mass is 245 g/mol. The second kappa shape index (κ2) is 6.46. The first-order valence-electron chi connectivity index (χ1n) is 5.70. The van der Waals surface area contributed by atoms with E-state index in [2.05, 4.69) is 0 Å². The van der Waals surface area contributed by atoms with Gasteiger partial charge < -0.3 is 9.32 Å². The van der Waals surface area contributed by atoms with Gasteiger partial charge in [-0.25, -0.2) is 0 Å². The highest BCUT2D eigenvalue weighted by Gasteiger charge is 2.19. The van der Waals surface area contributed by atoms with E-state index < -0.39 is 0 Å². The molecule has 0 radical (unpaired) electrons. The number of nitrogens with zero attached hydrogens (tertiary/aromatic N) is 3. The van der Waals surface area contributed by atoms with Crippen LogP contribution in [0.25, 0.3) is 0 Å². The lowest BCUT2D eigenvalue weighted by Crippen LogP contribution is -2.32. The van der Waals surface area contributed by atoms with Gasteiger partial charge in [0.15, 0.2) is 0 Å². The van der Waals surface area contributed by atoms with E-state index >= 15 is 0 Å². The highest BCUT2D eigenvalue weighted by atomic mass is 16.3.